The largest absolute Gasteiger partial charge is 0.481 e. The number of hydrogen-bond donors (Lipinski definition) is 2. The Morgan fingerprint density at radius 2 is 1.60 bits per heavy atom. The second-order valence-corrected chi connectivity index (χ2v) is 9.72. The van der Waals surface area contributed by atoms with Gasteiger partial charge in [0.1, 0.15) is 12.1 Å². The van der Waals surface area contributed by atoms with Crippen LogP contribution in [0.4, 0.5) is 4.79 Å². The van der Waals surface area contributed by atoms with Gasteiger partial charge in [0.05, 0.1) is 5.92 Å². The van der Waals surface area contributed by atoms with E-state index in [-0.39, 0.29) is 24.5 Å². The highest BCUT2D eigenvalue weighted by Gasteiger charge is 2.47. The molecule has 2 N–H and O–H groups in total. The molecule has 5 rings (SSSR count). The SMILES string of the molecule is CN(C(=O)C1(NC(=O)OCC2c3ccccc3-c3ccccc32)CCOCC1)C1CC(C(=O)O)C1. The first kappa shape index (κ1) is 23.4. The number of carboxylic acid groups (broad SMARTS) is 1. The number of nitrogens with one attached hydrogen (secondary N) is 1. The summed E-state index contributed by atoms with van der Waals surface area (Å²) < 4.78 is 11.2. The molecule has 1 heterocycles. The van der Waals surface area contributed by atoms with Gasteiger partial charge in [0.25, 0.3) is 0 Å². The fraction of sp³-hybridized carbons (Fsp3) is 0.444. The summed E-state index contributed by atoms with van der Waals surface area (Å²) >= 11 is 0. The van der Waals surface area contributed by atoms with Crippen molar-refractivity contribution >= 4 is 18.0 Å². The summed E-state index contributed by atoms with van der Waals surface area (Å²) in [4.78, 5) is 39.3. The topological polar surface area (TPSA) is 105 Å². The fourth-order valence-electron chi connectivity index (χ4n) is 5.55. The molecule has 1 saturated heterocycles. The monoisotopic (exact) mass is 478 g/mol. The van der Waals surface area contributed by atoms with Crippen LogP contribution in [-0.2, 0) is 19.1 Å². The summed E-state index contributed by atoms with van der Waals surface area (Å²) in [5.74, 6) is -1.54. The molecule has 0 spiro atoms. The highest BCUT2D eigenvalue weighted by atomic mass is 16.5. The second kappa shape index (κ2) is 9.34. The van der Waals surface area contributed by atoms with Crippen LogP contribution in [-0.4, -0.2) is 66.4 Å². The molecule has 2 fully saturated rings. The van der Waals surface area contributed by atoms with Gasteiger partial charge in [0, 0.05) is 45.1 Å². The summed E-state index contributed by atoms with van der Waals surface area (Å²) in [5.41, 5.74) is 3.42. The average molecular weight is 479 g/mol. The van der Waals surface area contributed by atoms with Gasteiger partial charge in [-0.2, -0.15) is 0 Å². The van der Waals surface area contributed by atoms with Crippen LogP contribution in [0.5, 0.6) is 0 Å². The van der Waals surface area contributed by atoms with Gasteiger partial charge in [-0.15, -0.1) is 0 Å². The van der Waals surface area contributed by atoms with E-state index in [1.165, 1.54) is 0 Å². The molecule has 0 bridgehead atoms. The third-order valence-corrected chi connectivity index (χ3v) is 7.77. The predicted octanol–water partition coefficient (Wildman–Crippen LogP) is 3.40. The molecule has 8 nitrogen and oxygen atoms in total. The van der Waals surface area contributed by atoms with E-state index in [1.54, 1.807) is 11.9 Å². The Hall–Kier alpha value is -3.39. The van der Waals surface area contributed by atoms with Crippen LogP contribution in [0.15, 0.2) is 48.5 Å². The van der Waals surface area contributed by atoms with Crippen LogP contribution < -0.4 is 5.32 Å². The third kappa shape index (κ3) is 4.27. The maximum Gasteiger partial charge on any atom is 0.408 e. The van der Waals surface area contributed by atoms with Crippen molar-refractivity contribution in [2.45, 2.75) is 43.2 Å². The molecule has 35 heavy (non-hydrogen) atoms. The van der Waals surface area contributed by atoms with Crippen LogP contribution >= 0.6 is 0 Å². The van der Waals surface area contributed by atoms with Gasteiger partial charge in [-0.3, -0.25) is 9.59 Å². The lowest BCUT2D eigenvalue weighted by atomic mass is 9.78. The lowest BCUT2D eigenvalue weighted by Gasteiger charge is -2.45. The molecule has 0 unspecified atom stereocenters. The highest BCUT2D eigenvalue weighted by molar-refractivity contribution is 5.90. The number of nitrogens with zero attached hydrogens (tertiary/aromatic N) is 1. The van der Waals surface area contributed by atoms with Gasteiger partial charge in [0.15, 0.2) is 0 Å². The number of carboxylic acids is 1. The van der Waals surface area contributed by atoms with Crippen LogP contribution in [0.2, 0.25) is 0 Å². The predicted molar refractivity (Wildman–Crippen MR) is 128 cm³/mol. The van der Waals surface area contributed by atoms with Gasteiger partial charge >= 0.3 is 12.1 Å². The maximum absolute atomic E-state index is 13.5. The lowest BCUT2D eigenvalue weighted by molar-refractivity contribution is -0.153. The number of likely N-dealkylation sites (N-methyl/N-ethyl adjacent to an activating group) is 1. The minimum Gasteiger partial charge on any atom is -0.481 e. The van der Waals surface area contributed by atoms with Crippen LogP contribution in [0.25, 0.3) is 11.1 Å². The smallest absolute Gasteiger partial charge is 0.408 e. The number of alkyl carbamates (subject to hydrolysis) is 1. The molecule has 0 atom stereocenters. The number of fused-ring (bicyclic) bond motifs is 3. The zero-order chi connectivity index (χ0) is 24.6. The number of rotatable bonds is 6. The van der Waals surface area contributed by atoms with Crippen molar-refractivity contribution in [1.29, 1.82) is 0 Å². The van der Waals surface area contributed by atoms with E-state index in [4.69, 9.17) is 14.6 Å². The van der Waals surface area contributed by atoms with Crippen molar-refractivity contribution in [1.82, 2.24) is 10.2 Å². The van der Waals surface area contributed by atoms with Crippen LogP contribution in [0.1, 0.15) is 42.7 Å². The summed E-state index contributed by atoms with van der Waals surface area (Å²) in [5, 5.41) is 12.0. The number of amides is 2. The Morgan fingerprint density at radius 3 is 2.17 bits per heavy atom. The highest BCUT2D eigenvalue weighted by Crippen LogP contribution is 2.44. The van der Waals surface area contributed by atoms with E-state index < -0.39 is 23.5 Å². The molecule has 184 valence electrons. The normalized spacial score (nSPS) is 22.3. The quantitative estimate of drug-likeness (QED) is 0.659. The van der Waals surface area contributed by atoms with Gasteiger partial charge in [-0.1, -0.05) is 48.5 Å². The van der Waals surface area contributed by atoms with E-state index in [2.05, 4.69) is 29.6 Å². The lowest BCUT2D eigenvalue weighted by Crippen LogP contribution is -2.64. The van der Waals surface area contributed by atoms with Crippen LogP contribution in [0.3, 0.4) is 0 Å². The molecule has 3 aliphatic rings. The Labute approximate surface area is 204 Å². The Bertz CT molecular complexity index is 1090. The minimum atomic E-state index is -1.12. The molecule has 0 aromatic heterocycles. The number of carbonyl (C=O) groups excluding carboxylic acids is 2. The molecule has 2 amide bonds. The summed E-state index contributed by atoms with van der Waals surface area (Å²) in [6.07, 6.45) is 0.905. The second-order valence-electron chi connectivity index (χ2n) is 9.72. The van der Waals surface area contributed by atoms with Gasteiger partial charge < -0.3 is 24.8 Å². The van der Waals surface area contributed by atoms with Gasteiger partial charge in [0.2, 0.25) is 5.91 Å². The number of ether oxygens (including phenoxy) is 2. The number of aliphatic carboxylic acids is 1. The Kier molecular flexibility index (Phi) is 6.23. The molecule has 0 radical (unpaired) electrons. The average Bonchev–Trinajstić information content (AvgIpc) is 3.15. The Balaban J connectivity index is 1.27. The third-order valence-electron chi connectivity index (χ3n) is 7.77. The first-order valence-electron chi connectivity index (χ1n) is 12.1. The van der Waals surface area contributed by atoms with E-state index in [9.17, 15) is 14.4 Å². The molecule has 1 saturated carbocycles. The minimum absolute atomic E-state index is 0.0694. The molecule has 2 aromatic rings. The molecule has 8 heteroatoms. The molecule has 2 aliphatic carbocycles. The van der Waals surface area contributed by atoms with Crippen molar-refractivity contribution in [3.05, 3.63) is 59.7 Å². The van der Waals surface area contributed by atoms with E-state index >= 15 is 0 Å². The van der Waals surface area contributed by atoms with Gasteiger partial charge in [-0.05, 0) is 35.1 Å². The maximum atomic E-state index is 13.5. The van der Waals surface area contributed by atoms with Crippen molar-refractivity contribution in [2.75, 3.05) is 26.9 Å². The van der Waals surface area contributed by atoms with Crippen molar-refractivity contribution in [3.63, 3.8) is 0 Å². The zero-order valence-corrected chi connectivity index (χ0v) is 19.7. The standard InChI is InChI=1S/C27H30N2O6/c1-29(18-14-17(15-18)24(30)31)25(32)27(10-12-34-13-11-27)28-26(33)35-16-23-21-8-4-2-6-19(21)20-7-3-5-9-22(20)23/h2-9,17-18,23H,10-16H2,1H3,(H,28,33)(H,30,31). The van der Waals surface area contributed by atoms with Crippen LogP contribution in [0, 0.1) is 5.92 Å². The van der Waals surface area contributed by atoms with E-state index in [1.807, 2.05) is 24.3 Å². The fourth-order valence-corrected chi connectivity index (χ4v) is 5.55. The summed E-state index contributed by atoms with van der Waals surface area (Å²) in [6, 6.07) is 16.1. The molecule has 2 aromatic carbocycles. The molecular formula is C27H30N2O6. The van der Waals surface area contributed by atoms with E-state index in [0.717, 1.165) is 22.3 Å². The molecule has 1 aliphatic heterocycles. The number of carbonyl (C=O) groups is 3. The first-order valence-corrected chi connectivity index (χ1v) is 12.1. The zero-order valence-electron chi connectivity index (χ0n) is 19.7. The Morgan fingerprint density at radius 1 is 1.03 bits per heavy atom. The summed E-state index contributed by atoms with van der Waals surface area (Å²) in [6.45, 7) is 0.872. The summed E-state index contributed by atoms with van der Waals surface area (Å²) in [7, 11) is 1.68. The number of benzene rings is 2. The van der Waals surface area contributed by atoms with Crippen molar-refractivity contribution in [2.24, 2.45) is 5.92 Å². The molecular weight excluding hydrogens is 448 g/mol. The van der Waals surface area contributed by atoms with E-state index in [0.29, 0.717) is 38.9 Å². The number of hydrogen-bond acceptors (Lipinski definition) is 5. The van der Waals surface area contributed by atoms with Crippen molar-refractivity contribution < 1.29 is 29.0 Å². The first-order chi connectivity index (χ1) is 16.9. The van der Waals surface area contributed by atoms with Crippen molar-refractivity contribution in [3.8, 4) is 11.1 Å². The van der Waals surface area contributed by atoms with Gasteiger partial charge in [-0.25, -0.2) is 4.79 Å².